The molecule has 1 aromatic heterocycles. The molecule has 39 heavy (non-hydrogen) atoms. The summed E-state index contributed by atoms with van der Waals surface area (Å²) in [5.74, 6) is 2.91. The Labute approximate surface area is 234 Å². The number of piperazine rings is 1. The topological polar surface area (TPSA) is 80.6 Å². The number of rotatable bonds is 9. The van der Waals surface area contributed by atoms with Gasteiger partial charge in [0.15, 0.2) is 11.0 Å². The van der Waals surface area contributed by atoms with Gasteiger partial charge < -0.3 is 14.5 Å². The summed E-state index contributed by atoms with van der Waals surface area (Å²) in [5.41, 5.74) is 1.91. The summed E-state index contributed by atoms with van der Waals surface area (Å²) in [6.45, 7) is 3.96. The first-order valence-corrected chi connectivity index (χ1v) is 14.9. The molecule has 3 aromatic rings. The summed E-state index contributed by atoms with van der Waals surface area (Å²) < 4.78 is 7.47. The second-order valence-corrected chi connectivity index (χ2v) is 11.4. The van der Waals surface area contributed by atoms with E-state index in [0.717, 1.165) is 65.8 Å². The Morgan fingerprint density at radius 2 is 1.82 bits per heavy atom. The number of hydrogen-bond donors (Lipinski definition) is 0. The van der Waals surface area contributed by atoms with E-state index < -0.39 is 0 Å². The Morgan fingerprint density at radius 3 is 2.56 bits per heavy atom. The second kappa shape index (κ2) is 12.7. The second-order valence-electron chi connectivity index (χ2n) is 10.4. The van der Waals surface area contributed by atoms with Crippen LogP contribution in [0.15, 0.2) is 59.8 Å². The van der Waals surface area contributed by atoms with Crippen molar-refractivity contribution in [3.05, 3.63) is 54.6 Å². The van der Waals surface area contributed by atoms with Gasteiger partial charge in [-0.2, -0.15) is 0 Å². The lowest BCUT2D eigenvalue weighted by Crippen LogP contribution is -2.56. The van der Waals surface area contributed by atoms with Gasteiger partial charge in [-0.25, -0.2) is 0 Å². The summed E-state index contributed by atoms with van der Waals surface area (Å²) in [7, 11) is 1.65. The van der Waals surface area contributed by atoms with E-state index in [1.807, 2.05) is 64.4 Å². The van der Waals surface area contributed by atoms with E-state index in [2.05, 4.69) is 21.7 Å². The van der Waals surface area contributed by atoms with Crippen LogP contribution in [0.3, 0.4) is 0 Å². The highest BCUT2D eigenvalue weighted by Gasteiger charge is 2.34. The average molecular weight is 548 g/mol. The molecular formula is C30H37N5O3S. The van der Waals surface area contributed by atoms with Crippen molar-refractivity contribution in [1.29, 1.82) is 0 Å². The minimum absolute atomic E-state index is 0.0737. The van der Waals surface area contributed by atoms with Crippen molar-refractivity contribution >= 4 is 23.6 Å². The van der Waals surface area contributed by atoms with Crippen molar-refractivity contribution in [2.24, 2.45) is 5.92 Å². The molecule has 2 heterocycles. The molecule has 8 nitrogen and oxygen atoms in total. The highest BCUT2D eigenvalue weighted by atomic mass is 32.2. The molecule has 1 aliphatic carbocycles. The van der Waals surface area contributed by atoms with E-state index in [4.69, 9.17) is 4.74 Å². The third-order valence-corrected chi connectivity index (χ3v) is 8.72. The number of hydrogen-bond acceptors (Lipinski definition) is 6. The van der Waals surface area contributed by atoms with Gasteiger partial charge >= 0.3 is 0 Å². The Morgan fingerprint density at radius 1 is 1.03 bits per heavy atom. The maximum Gasteiger partial charge on any atom is 0.226 e. The van der Waals surface area contributed by atoms with E-state index in [0.29, 0.717) is 32.0 Å². The Balaban J connectivity index is 1.18. The van der Waals surface area contributed by atoms with Crippen LogP contribution >= 0.6 is 11.8 Å². The number of ether oxygens (including phenoxy) is 1. The fourth-order valence-corrected chi connectivity index (χ4v) is 6.48. The Kier molecular flexibility index (Phi) is 8.86. The monoisotopic (exact) mass is 547 g/mol. The summed E-state index contributed by atoms with van der Waals surface area (Å²) in [4.78, 5) is 29.8. The first-order chi connectivity index (χ1) is 19.0. The number of aromatic nitrogens is 3. The van der Waals surface area contributed by atoms with Gasteiger partial charge in [0.05, 0.1) is 7.11 Å². The maximum absolute atomic E-state index is 13.0. The molecule has 1 saturated carbocycles. The molecule has 2 fully saturated rings. The molecule has 0 spiro atoms. The van der Waals surface area contributed by atoms with E-state index in [1.165, 1.54) is 0 Å². The minimum atomic E-state index is 0.0737. The average Bonchev–Trinajstić information content (AvgIpc) is 3.66. The van der Waals surface area contributed by atoms with Crippen LogP contribution in [-0.2, 0) is 9.59 Å². The summed E-state index contributed by atoms with van der Waals surface area (Å²) >= 11 is 1.61. The lowest BCUT2D eigenvalue weighted by Gasteiger charge is -2.41. The number of benzene rings is 2. The van der Waals surface area contributed by atoms with Crippen LogP contribution in [-0.4, -0.2) is 74.9 Å². The zero-order valence-electron chi connectivity index (χ0n) is 22.8. The molecule has 2 amide bonds. The number of nitrogens with zero attached hydrogens (tertiary/aromatic N) is 5. The quantitative estimate of drug-likeness (QED) is 0.275. The number of para-hydroxylation sites is 1. The molecule has 2 aromatic carbocycles. The van der Waals surface area contributed by atoms with Gasteiger partial charge in [0.1, 0.15) is 5.75 Å². The molecule has 1 atom stereocenters. The molecule has 0 radical (unpaired) electrons. The highest BCUT2D eigenvalue weighted by molar-refractivity contribution is 7.99. The molecule has 1 unspecified atom stereocenters. The minimum Gasteiger partial charge on any atom is -0.497 e. The molecule has 9 heteroatoms. The molecule has 2 aliphatic rings. The van der Waals surface area contributed by atoms with Crippen LogP contribution in [0.1, 0.15) is 45.4 Å². The van der Waals surface area contributed by atoms with Crippen molar-refractivity contribution in [2.45, 2.75) is 56.6 Å². The molecule has 1 aliphatic heterocycles. The summed E-state index contributed by atoms with van der Waals surface area (Å²) in [6.07, 6.45) is 5.58. The molecule has 0 bridgehead atoms. The molecule has 0 N–H and O–H groups in total. The van der Waals surface area contributed by atoms with Crippen LogP contribution in [0.4, 0.5) is 0 Å². The molecular weight excluding hydrogens is 510 g/mol. The van der Waals surface area contributed by atoms with Gasteiger partial charge in [-0.3, -0.25) is 14.2 Å². The molecule has 206 valence electrons. The number of amides is 2. The van der Waals surface area contributed by atoms with Crippen molar-refractivity contribution < 1.29 is 14.3 Å². The Hall–Kier alpha value is -3.33. The zero-order chi connectivity index (χ0) is 27.2. The normalized spacial score (nSPS) is 17.9. The first kappa shape index (κ1) is 27.2. The van der Waals surface area contributed by atoms with E-state index >= 15 is 0 Å². The summed E-state index contributed by atoms with van der Waals surface area (Å²) in [6, 6.07) is 18.0. The van der Waals surface area contributed by atoms with Crippen LogP contribution in [0.2, 0.25) is 0 Å². The fourth-order valence-electron chi connectivity index (χ4n) is 5.59. The van der Waals surface area contributed by atoms with E-state index in [-0.39, 0.29) is 17.9 Å². The SMILES string of the molecule is COc1cccc(-c2nnc(SCCCC(=O)N3CCN(C(=O)C4CCCC4)C(C)C3)n2-c2ccccc2)c1. The van der Waals surface area contributed by atoms with Crippen LogP contribution < -0.4 is 4.74 Å². The van der Waals surface area contributed by atoms with Crippen molar-refractivity contribution in [3.8, 4) is 22.8 Å². The first-order valence-electron chi connectivity index (χ1n) is 13.9. The number of carbonyl (C=O) groups is 2. The predicted octanol–water partition coefficient (Wildman–Crippen LogP) is 5.06. The van der Waals surface area contributed by atoms with Crippen molar-refractivity contribution in [2.75, 3.05) is 32.5 Å². The Bertz CT molecular complexity index is 1270. The molecule has 5 rings (SSSR count). The fraction of sp³-hybridized carbons (Fsp3) is 0.467. The van der Waals surface area contributed by atoms with Crippen LogP contribution in [0, 0.1) is 5.92 Å². The zero-order valence-corrected chi connectivity index (χ0v) is 23.6. The van der Waals surface area contributed by atoms with Crippen LogP contribution in [0.25, 0.3) is 17.1 Å². The van der Waals surface area contributed by atoms with Crippen LogP contribution in [0.5, 0.6) is 5.75 Å². The maximum atomic E-state index is 13.0. The van der Waals surface area contributed by atoms with Gasteiger partial charge in [0.25, 0.3) is 0 Å². The third-order valence-electron chi connectivity index (χ3n) is 7.71. The third kappa shape index (κ3) is 6.30. The standard InChI is InChI=1S/C30H37N5O3S/c1-22-21-33(17-18-34(22)29(37)23-10-6-7-11-23)27(36)16-9-19-39-30-32-31-28(24-12-8-15-26(20-24)38-2)35(30)25-13-4-3-5-14-25/h3-5,8,12-15,20,22-23H,6-7,9-11,16-19,21H2,1-2H3. The smallest absolute Gasteiger partial charge is 0.226 e. The largest absolute Gasteiger partial charge is 0.497 e. The van der Waals surface area contributed by atoms with Crippen molar-refractivity contribution in [1.82, 2.24) is 24.6 Å². The number of thioether (sulfide) groups is 1. The van der Waals surface area contributed by atoms with E-state index in [9.17, 15) is 9.59 Å². The van der Waals surface area contributed by atoms with E-state index in [1.54, 1.807) is 18.9 Å². The van der Waals surface area contributed by atoms with Gasteiger partial charge in [0, 0.05) is 55.0 Å². The van der Waals surface area contributed by atoms with Gasteiger partial charge in [0.2, 0.25) is 11.8 Å². The molecule has 1 saturated heterocycles. The number of carbonyl (C=O) groups excluding carboxylic acids is 2. The van der Waals surface area contributed by atoms with Gasteiger partial charge in [-0.15, -0.1) is 10.2 Å². The van der Waals surface area contributed by atoms with Crippen molar-refractivity contribution in [3.63, 3.8) is 0 Å². The number of methoxy groups -OCH3 is 1. The summed E-state index contributed by atoms with van der Waals surface area (Å²) in [5, 5.41) is 9.80. The van der Waals surface area contributed by atoms with Gasteiger partial charge in [-0.1, -0.05) is 54.9 Å². The highest BCUT2D eigenvalue weighted by Crippen LogP contribution is 2.31. The lowest BCUT2D eigenvalue weighted by molar-refractivity contribution is -0.145. The lowest BCUT2D eigenvalue weighted by atomic mass is 10.0. The van der Waals surface area contributed by atoms with Gasteiger partial charge in [-0.05, 0) is 50.5 Å². The predicted molar refractivity (Wildman–Crippen MR) is 153 cm³/mol.